The number of nitrogens with one attached hydrogen (secondary N) is 2. The van der Waals surface area contributed by atoms with Gasteiger partial charge in [0.1, 0.15) is 10.6 Å². The van der Waals surface area contributed by atoms with Crippen LogP contribution in [0.5, 0.6) is 0 Å². The van der Waals surface area contributed by atoms with E-state index >= 15 is 0 Å². The molecule has 2 aromatic rings. The third kappa shape index (κ3) is 5.15. The molecule has 37 heavy (non-hydrogen) atoms. The summed E-state index contributed by atoms with van der Waals surface area (Å²) < 4.78 is 37.4. The van der Waals surface area contributed by atoms with Crippen molar-refractivity contribution in [3.8, 4) is 11.4 Å². The van der Waals surface area contributed by atoms with E-state index < -0.39 is 25.9 Å². The number of urea groups is 1. The lowest BCUT2D eigenvalue weighted by Gasteiger charge is -2.35. The van der Waals surface area contributed by atoms with Gasteiger partial charge in [-0.05, 0) is 50.5 Å². The van der Waals surface area contributed by atoms with Crippen molar-refractivity contribution in [3.05, 3.63) is 36.0 Å². The molecule has 11 nitrogen and oxygen atoms in total. The summed E-state index contributed by atoms with van der Waals surface area (Å²) in [7, 11) is -3.50. The summed E-state index contributed by atoms with van der Waals surface area (Å²) >= 11 is 0. The van der Waals surface area contributed by atoms with E-state index in [-0.39, 0.29) is 25.8 Å². The number of sulfone groups is 1. The number of nitrogens with zero attached hydrogens (tertiary/aromatic N) is 3. The van der Waals surface area contributed by atoms with Crippen molar-refractivity contribution in [3.63, 3.8) is 0 Å². The summed E-state index contributed by atoms with van der Waals surface area (Å²) in [6.45, 7) is 4.55. The van der Waals surface area contributed by atoms with E-state index in [0.29, 0.717) is 74.2 Å². The molecule has 0 spiro atoms. The number of rotatable bonds is 8. The molecule has 3 aliphatic rings. The zero-order valence-electron chi connectivity index (χ0n) is 20.9. The number of morpholine rings is 1. The van der Waals surface area contributed by atoms with Gasteiger partial charge >= 0.3 is 6.03 Å². The maximum Gasteiger partial charge on any atom is 0.319 e. The van der Waals surface area contributed by atoms with E-state index in [1.165, 1.54) is 0 Å². The monoisotopic (exact) mass is 531 g/mol. The summed E-state index contributed by atoms with van der Waals surface area (Å²) in [6.07, 6.45) is 1.58. The van der Waals surface area contributed by atoms with Crippen molar-refractivity contribution in [2.75, 3.05) is 56.3 Å². The van der Waals surface area contributed by atoms with Crippen molar-refractivity contribution in [1.82, 2.24) is 15.3 Å². The van der Waals surface area contributed by atoms with Gasteiger partial charge in [0.05, 0.1) is 43.4 Å². The minimum Gasteiger partial charge on any atom is -0.395 e. The highest BCUT2D eigenvalue weighted by Crippen LogP contribution is 2.55. The molecule has 1 aromatic carbocycles. The number of benzene rings is 1. The molecule has 2 atom stereocenters. The number of hydrogen-bond donors (Lipinski definition) is 3. The quantitative estimate of drug-likeness (QED) is 0.463. The summed E-state index contributed by atoms with van der Waals surface area (Å²) in [5, 5.41) is 13.6. The molecule has 5 rings (SSSR count). The molecule has 3 fully saturated rings. The number of ether oxygens (including phenoxy) is 2. The maximum absolute atomic E-state index is 13.7. The fraction of sp³-hybridized carbons (Fsp3) is 0.560. The summed E-state index contributed by atoms with van der Waals surface area (Å²) in [6, 6.07) is 8.58. The second-order valence-corrected chi connectivity index (χ2v) is 12.3. The molecule has 1 saturated carbocycles. The van der Waals surface area contributed by atoms with Gasteiger partial charge in [0.25, 0.3) is 0 Å². The molecule has 1 aromatic heterocycles. The average molecular weight is 532 g/mol. The first kappa shape index (κ1) is 25.8. The Morgan fingerprint density at radius 1 is 1.16 bits per heavy atom. The van der Waals surface area contributed by atoms with Crippen LogP contribution in [-0.4, -0.2) is 86.9 Å². The molecule has 1 unspecified atom stereocenters. The van der Waals surface area contributed by atoms with Crippen LogP contribution < -0.4 is 15.5 Å². The number of aliphatic hydroxyl groups is 1. The van der Waals surface area contributed by atoms with Crippen LogP contribution in [0.4, 0.5) is 16.3 Å². The van der Waals surface area contributed by atoms with E-state index in [9.17, 15) is 13.2 Å². The van der Waals surface area contributed by atoms with Crippen LogP contribution in [0.25, 0.3) is 11.4 Å². The molecule has 12 heteroatoms. The Hall–Kier alpha value is -2.80. The summed E-state index contributed by atoms with van der Waals surface area (Å²) in [4.78, 5) is 23.7. The lowest BCUT2D eigenvalue weighted by atomic mass is 10.1. The minimum absolute atomic E-state index is 0.0864. The third-order valence-electron chi connectivity index (χ3n) is 7.22. The van der Waals surface area contributed by atoms with Crippen molar-refractivity contribution < 1.29 is 27.8 Å². The SMILES string of the molecule is C[C@H]1COCCN1c1cc(C2(S(=O)(=O)C3CCOC3)CC2)nc(-c2ccc(NC(=O)NCCO)cc2)n1. The third-order valence-corrected chi connectivity index (χ3v) is 10.2. The van der Waals surface area contributed by atoms with Crippen LogP contribution in [0.1, 0.15) is 31.9 Å². The van der Waals surface area contributed by atoms with E-state index in [0.717, 1.165) is 0 Å². The van der Waals surface area contributed by atoms with Gasteiger partial charge in [-0.25, -0.2) is 23.2 Å². The predicted octanol–water partition coefficient (Wildman–Crippen LogP) is 1.68. The van der Waals surface area contributed by atoms with Gasteiger partial charge in [-0.2, -0.15) is 0 Å². The molecule has 3 heterocycles. The fourth-order valence-corrected chi connectivity index (χ4v) is 7.32. The standard InChI is InChI=1S/C25H33N5O6S/c1-17-15-36-13-10-30(17)22-14-21(25(7-8-25)37(33,34)20-6-12-35-16-20)28-23(29-22)18-2-4-19(5-3-18)27-24(32)26-9-11-31/h2-5,14,17,20,31H,6-13,15-16H2,1H3,(H2,26,27,32)/t17-,20?/m0/s1. The number of aromatic nitrogens is 2. The molecule has 200 valence electrons. The summed E-state index contributed by atoms with van der Waals surface area (Å²) in [5.41, 5.74) is 1.81. The second-order valence-electron chi connectivity index (χ2n) is 9.76. The number of carbonyl (C=O) groups excluding carboxylic acids is 1. The van der Waals surface area contributed by atoms with Gasteiger partial charge in [-0.3, -0.25) is 0 Å². The number of hydrogen-bond acceptors (Lipinski definition) is 9. The van der Waals surface area contributed by atoms with Gasteiger partial charge in [0.2, 0.25) is 0 Å². The molecule has 2 saturated heterocycles. The normalized spacial score (nSPS) is 23.0. The molecule has 2 amide bonds. The van der Waals surface area contributed by atoms with Crippen LogP contribution in [0.2, 0.25) is 0 Å². The Balaban J connectivity index is 1.50. The fourth-order valence-electron chi connectivity index (χ4n) is 4.94. The Morgan fingerprint density at radius 2 is 1.92 bits per heavy atom. The zero-order valence-corrected chi connectivity index (χ0v) is 21.7. The van der Waals surface area contributed by atoms with Crippen LogP contribution in [0, 0.1) is 0 Å². The van der Waals surface area contributed by atoms with Crippen LogP contribution >= 0.6 is 0 Å². The van der Waals surface area contributed by atoms with Crippen molar-refractivity contribution in [2.45, 2.75) is 42.2 Å². The topological polar surface area (TPSA) is 143 Å². The lowest BCUT2D eigenvalue weighted by molar-refractivity contribution is 0.0985. The number of anilines is 2. The van der Waals surface area contributed by atoms with Crippen molar-refractivity contribution >= 4 is 27.4 Å². The van der Waals surface area contributed by atoms with Gasteiger partial charge in [-0.15, -0.1) is 0 Å². The highest BCUT2D eigenvalue weighted by molar-refractivity contribution is 7.93. The van der Waals surface area contributed by atoms with Gasteiger partial charge in [0, 0.05) is 37.0 Å². The minimum atomic E-state index is -3.50. The number of amides is 2. The van der Waals surface area contributed by atoms with Crippen LogP contribution in [0.3, 0.4) is 0 Å². The smallest absolute Gasteiger partial charge is 0.319 e. The molecule has 0 radical (unpaired) electrons. The van der Waals surface area contributed by atoms with Gasteiger partial charge < -0.3 is 30.1 Å². The average Bonchev–Trinajstić information content (AvgIpc) is 3.54. The Morgan fingerprint density at radius 3 is 2.57 bits per heavy atom. The van der Waals surface area contributed by atoms with Crippen molar-refractivity contribution in [2.24, 2.45) is 0 Å². The molecule has 3 N–H and O–H groups in total. The van der Waals surface area contributed by atoms with Gasteiger partial charge in [-0.1, -0.05) is 0 Å². The molecular formula is C25H33N5O6S. The Kier molecular flexibility index (Phi) is 7.35. The first-order chi connectivity index (χ1) is 17.8. The second kappa shape index (κ2) is 10.5. The van der Waals surface area contributed by atoms with E-state index in [1.54, 1.807) is 24.3 Å². The Labute approximate surface area is 216 Å². The number of aliphatic hydroxyl groups excluding tert-OH is 1. The largest absolute Gasteiger partial charge is 0.395 e. The van der Waals surface area contributed by atoms with E-state index in [1.807, 2.05) is 6.07 Å². The van der Waals surface area contributed by atoms with Crippen LogP contribution in [-0.2, 0) is 24.1 Å². The molecule has 0 bridgehead atoms. The number of carbonyl (C=O) groups is 1. The Bertz CT molecular complexity index is 1230. The van der Waals surface area contributed by atoms with E-state index in [2.05, 4.69) is 22.5 Å². The van der Waals surface area contributed by atoms with Crippen LogP contribution in [0.15, 0.2) is 30.3 Å². The van der Waals surface area contributed by atoms with Gasteiger partial charge in [0.15, 0.2) is 15.7 Å². The van der Waals surface area contributed by atoms with Crippen molar-refractivity contribution in [1.29, 1.82) is 0 Å². The first-order valence-corrected chi connectivity index (χ1v) is 14.2. The summed E-state index contributed by atoms with van der Waals surface area (Å²) in [5.74, 6) is 1.12. The zero-order chi connectivity index (χ0) is 26.0. The highest BCUT2D eigenvalue weighted by Gasteiger charge is 2.60. The lowest BCUT2D eigenvalue weighted by Crippen LogP contribution is -2.44. The first-order valence-electron chi connectivity index (χ1n) is 12.7. The molecular weight excluding hydrogens is 498 g/mol. The highest BCUT2D eigenvalue weighted by atomic mass is 32.2. The molecule has 2 aliphatic heterocycles. The maximum atomic E-state index is 13.7. The molecule has 1 aliphatic carbocycles. The van der Waals surface area contributed by atoms with E-state index in [4.69, 9.17) is 24.5 Å². The predicted molar refractivity (Wildman–Crippen MR) is 138 cm³/mol.